The summed E-state index contributed by atoms with van der Waals surface area (Å²) in [5.74, 6) is 0. The van der Waals surface area contributed by atoms with E-state index in [4.69, 9.17) is 14.6 Å². The lowest BCUT2D eigenvalue weighted by molar-refractivity contribution is -0.309. The molecular weight excluding hydrogens is 280 g/mol. The van der Waals surface area contributed by atoms with Gasteiger partial charge in [0.05, 0.1) is 13.2 Å². The molecule has 0 aliphatic carbocycles. The Bertz CT molecular complexity index is 427. The highest BCUT2D eigenvalue weighted by atomic mass is 16.7. The molecule has 7 nitrogen and oxygen atoms in total. The quantitative estimate of drug-likeness (QED) is 0.442. The van der Waals surface area contributed by atoms with Gasteiger partial charge < -0.3 is 35.0 Å². The molecule has 1 aromatic carbocycles. The van der Waals surface area contributed by atoms with Gasteiger partial charge >= 0.3 is 0 Å². The van der Waals surface area contributed by atoms with E-state index >= 15 is 0 Å². The second-order valence-electron chi connectivity index (χ2n) is 4.98. The fraction of sp³-hybridized carbons (Fsp3) is 0.571. The number of benzene rings is 1. The fourth-order valence-corrected chi connectivity index (χ4v) is 2.25. The Morgan fingerprint density at radius 2 is 1.76 bits per heavy atom. The lowest BCUT2D eigenvalue weighted by Gasteiger charge is -2.41. The normalized spacial score (nSPS) is 34.6. The highest BCUT2D eigenvalue weighted by Crippen LogP contribution is 2.25. The van der Waals surface area contributed by atoms with E-state index in [9.17, 15) is 20.4 Å². The molecule has 0 saturated carbocycles. The van der Waals surface area contributed by atoms with Gasteiger partial charge in [-0.2, -0.15) is 0 Å². The van der Waals surface area contributed by atoms with Gasteiger partial charge in [-0.25, -0.2) is 0 Å². The maximum absolute atomic E-state index is 9.99. The van der Waals surface area contributed by atoms with Crippen LogP contribution in [0, 0.1) is 0 Å². The zero-order chi connectivity index (χ0) is 15.4. The number of hydrogen-bond donors (Lipinski definition) is 5. The summed E-state index contributed by atoms with van der Waals surface area (Å²) in [5.41, 5.74) is 0.837. The Kier molecular flexibility index (Phi) is 5.65. The number of rotatable bonds is 5. The first-order valence-corrected chi connectivity index (χ1v) is 6.68. The van der Waals surface area contributed by atoms with Crippen LogP contribution in [-0.4, -0.2) is 68.9 Å². The van der Waals surface area contributed by atoms with Crippen molar-refractivity contribution in [1.82, 2.24) is 0 Å². The average Bonchev–Trinajstić information content (AvgIpc) is 2.51. The van der Waals surface area contributed by atoms with Gasteiger partial charge in [-0.3, -0.25) is 0 Å². The standard InChI is InChI=1S/C14H20O7/c15-6-9(16)12-10(17)11(18)13(14(19)21-12)20-7-8-4-2-1-3-5-8/h1-5,9-19H,6-7H2. The molecule has 0 amide bonds. The Morgan fingerprint density at radius 3 is 2.38 bits per heavy atom. The van der Waals surface area contributed by atoms with Crippen molar-refractivity contribution in [1.29, 1.82) is 0 Å². The van der Waals surface area contributed by atoms with Crippen LogP contribution < -0.4 is 0 Å². The first-order chi connectivity index (χ1) is 10.0. The maximum Gasteiger partial charge on any atom is 0.184 e. The van der Waals surface area contributed by atoms with Crippen LogP contribution in [0.5, 0.6) is 0 Å². The molecule has 6 unspecified atom stereocenters. The molecule has 1 saturated heterocycles. The van der Waals surface area contributed by atoms with Gasteiger partial charge in [-0.05, 0) is 5.56 Å². The molecule has 2 rings (SSSR count). The number of aliphatic hydroxyl groups is 5. The summed E-state index contributed by atoms with van der Waals surface area (Å²) in [7, 11) is 0. The van der Waals surface area contributed by atoms with Crippen LogP contribution in [0.25, 0.3) is 0 Å². The summed E-state index contributed by atoms with van der Waals surface area (Å²) in [5, 5.41) is 48.1. The van der Waals surface area contributed by atoms with E-state index in [2.05, 4.69) is 0 Å². The van der Waals surface area contributed by atoms with Gasteiger partial charge in [0.25, 0.3) is 0 Å². The molecule has 118 valence electrons. The molecule has 0 aromatic heterocycles. The Hall–Kier alpha value is -1.06. The van der Waals surface area contributed by atoms with Gasteiger partial charge in [0, 0.05) is 0 Å². The molecule has 1 aromatic rings. The van der Waals surface area contributed by atoms with E-state index in [-0.39, 0.29) is 6.61 Å². The van der Waals surface area contributed by atoms with Crippen LogP contribution in [0.4, 0.5) is 0 Å². The van der Waals surface area contributed by atoms with Crippen molar-refractivity contribution in [2.75, 3.05) is 6.61 Å². The van der Waals surface area contributed by atoms with Crippen LogP contribution in [0.3, 0.4) is 0 Å². The first-order valence-electron chi connectivity index (χ1n) is 6.68. The SMILES string of the molecule is OCC(O)C1OC(O)C(OCc2ccccc2)C(O)C1O. The fourth-order valence-electron chi connectivity index (χ4n) is 2.25. The highest BCUT2D eigenvalue weighted by molar-refractivity contribution is 5.13. The zero-order valence-corrected chi connectivity index (χ0v) is 11.3. The Morgan fingerprint density at radius 1 is 1.10 bits per heavy atom. The number of hydrogen-bond acceptors (Lipinski definition) is 7. The molecule has 5 N–H and O–H groups in total. The van der Waals surface area contributed by atoms with Crippen molar-refractivity contribution < 1.29 is 35.0 Å². The third kappa shape index (κ3) is 3.78. The molecule has 1 aliphatic rings. The molecule has 21 heavy (non-hydrogen) atoms. The van der Waals surface area contributed by atoms with Crippen LogP contribution in [-0.2, 0) is 16.1 Å². The third-order valence-electron chi connectivity index (χ3n) is 3.45. The first kappa shape index (κ1) is 16.3. The van der Waals surface area contributed by atoms with Crippen LogP contribution >= 0.6 is 0 Å². The van der Waals surface area contributed by atoms with Crippen LogP contribution in [0.1, 0.15) is 5.56 Å². The minimum atomic E-state index is -1.52. The summed E-state index contributed by atoms with van der Waals surface area (Å²) in [6.07, 6.45) is -8.27. The predicted octanol–water partition coefficient (Wildman–Crippen LogP) is -1.64. The van der Waals surface area contributed by atoms with Gasteiger partial charge in [0.1, 0.15) is 30.5 Å². The molecule has 1 aliphatic heterocycles. The molecule has 0 spiro atoms. The van der Waals surface area contributed by atoms with E-state index in [1.54, 1.807) is 0 Å². The Labute approximate surface area is 122 Å². The van der Waals surface area contributed by atoms with E-state index < -0.39 is 43.4 Å². The molecular formula is C14H20O7. The van der Waals surface area contributed by atoms with Crippen LogP contribution in [0.2, 0.25) is 0 Å². The molecule has 1 heterocycles. The second kappa shape index (κ2) is 7.28. The molecule has 0 bridgehead atoms. The lowest BCUT2D eigenvalue weighted by atomic mass is 9.95. The van der Waals surface area contributed by atoms with Gasteiger partial charge in [-0.15, -0.1) is 0 Å². The van der Waals surface area contributed by atoms with Crippen molar-refractivity contribution in [2.24, 2.45) is 0 Å². The maximum atomic E-state index is 9.99. The van der Waals surface area contributed by atoms with Crippen LogP contribution in [0.15, 0.2) is 30.3 Å². The average molecular weight is 300 g/mol. The minimum Gasteiger partial charge on any atom is -0.394 e. The van der Waals surface area contributed by atoms with E-state index in [0.717, 1.165) is 5.56 Å². The van der Waals surface area contributed by atoms with E-state index in [1.165, 1.54) is 0 Å². The molecule has 7 heteroatoms. The smallest absolute Gasteiger partial charge is 0.184 e. The van der Waals surface area contributed by atoms with Gasteiger partial charge in [0.2, 0.25) is 0 Å². The van der Waals surface area contributed by atoms with Crippen molar-refractivity contribution in [3.8, 4) is 0 Å². The predicted molar refractivity (Wildman–Crippen MR) is 71.0 cm³/mol. The third-order valence-corrected chi connectivity index (χ3v) is 3.45. The zero-order valence-electron chi connectivity index (χ0n) is 11.3. The molecule has 1 fully saturated rings. The Balaban J connectivity index is 1.98. The number of aliphatic hydroxyl groups excluding tert-OH is 5. The van der Waals surface area contributed by atoms with E-state index in [0.29, 0.717) is 0 Å². The van der Waals surface area contributed by atoms with Crippen molar-refractivity contribution >= 4 is 0 Å². The topological polar surface area (TPSA) is 120 Å². The summed E-state index contributed by atoms with van der Waals surface area (Å²) in [6, 6.07) is 9.13. The minimum absolute atomic E-state index is 0.128. The summed E-state index contributed by atoms with van der Waals surface area (Å²) in [4.78, 5) is 0. The summed E-state index contributed by atoms with van der Waals surface area (Å²) in [6.45, 7) is -0.528. The van der Waals surface area contributed by atoms with Crippen molar-refractivity contribution in [3.63, 3.8) is 0 Å². The van der Waals surface area contributed by atoms with Gasteiger partial charge in [0.15, 0.2) is 6.29 Å². The highest BCUT2D eigenvalue weighted by Gasteiger charge is 2.46. The molecule has 0 radical (unpaired) electrons. The van der Waals surface area contributed by atoms with Crippen molar-refractivity contribution in [2.45, 2.75) is 43.4 Å². The van der Waals surface area contributed by atoms with Gasteiger partial charge in [-0.1, -0.05) is 30.3 Å². The summed E-state index contributed by atoms with van der Waals surface area (Å²) < 4.78 is 10.4. The largest absolute Gasteiger partial charge is 0.394 e. The van der Waals surface area contributed by atoms with E-state index in [1.807, 2.05) is 30.3 Å². The monoisotopic (exact) mass is 300 g/mol. The van der Waals surface area contributed by atoms with Crippen molar-refractivity contribution in [3.05, 3.63) is 35.9 Å². The lowest BCUT2D eigenvalue weighted by Crippen LogP contribution is -2.61. The summed E-state index contributed by atoms with van der Waals surface area (Å²) >= 11 is 0. The number of ether oxygens (including phenoxy) is 2. The molecule has 6 atom stereocenters. The second-order valence-corrected chi connectivity index (χ2v) is 4.98.